The Bertz CT molecular complexity index is 166. The predicted octanol–water partition coefficient (Wildman–Crippen LogP) is 2.51. The van der Waals surface area contributed by atoms with Crippen LogP contribution in [0.3, 0.4) is 0 Å². The number of rotatable bonds is 5. The fourth-order valence-corrected chi connectivity index (χ4v) is 0.937. The largest absolute Gasteiger partial charge is 0.460 e. The molecule has 12 heavy (non-hydrogen) atoms. The van der Waals surface area contributed by atoms with E-state index in [0.717, 1.165) is 12.0 Å². The van der Waals surface area contributed by atoms with Gasteiger partial charge in [0.1, 0.15) is 12.0 Å². The van der Waals surface area contributed by atoms with Gasteiger partial charge in [-0.25, -0.2) is 0 Å². The van der Waals surface area contributed by atoms with Gasteiger partial charge in [0.15, 0.2) is 0 Å². The fraction of sp³-hybridized carbons (Fsp3) is 0.667. The second-order valence-electron chi connectivity index (χ2n) is 2.82. The van der Waals surface area contributed by atoms with Crippen molar-refractivity contribution in [1.29, 1.82) is 0 Å². The van der Waals surface area contributed by atoms with Crippen LogP contribution in [0.4, 0.5) is 0 Å². The van der Waals surface area contributed by atoms with Gasteiger partial charge in [-0.05, 0) is 18.9 Å². The number of esters is 1. The predicted molar refractivity (Wildman–Crippen MR) is 50.3 cm³/mol. The summed E-state index contributed by atoms with van der Waals surface area (Å²) in [6.45, 7) is 7.66. The summed E-state index contributed by atoms with van der Waals surface area (Å²) in [5.74, 6) is -0.346. The molecule has 2 nitrogen and oxygen atoms in total. The molecule has 0 fully saturated rings. The van der Waals surface area contributed by atoms with Crippen molar-refractivity contribution in [2.45, 2.75) is 32.1 Å². The molecule has 0 heterocycles. The Hall–Kier alpha value is -0.500. The quantitative estimate of drug-likeness (QED) is 0.378. The topological polar surface area (TPSA) is 26.3 Å². The van der Waals surface area contributed by atoms with E-state index in [2.05, 4.69) is 6.58 Å². The lowest BCUT2D eigenvalue weighted by Gasteiger charge is -2.07. The molecule has 0 N–H and O–H groups in total. The van der Waals surface area contributed by atoms with Crippen LogP contribution in [0.15, 0.2) is 12.2 Å². The summed E-state index contributed by atoms with van der Waals surface area (Å²) in [6, 6.07) is 0. The van der Waals surface area contributed by atoms with E-state index in [1.165, 1.54) is 0 Å². The van der Waals surface area contributed by atoms with Crippen molar-refractivity contribution in [2.75, 3.05) is 6.61 Å². The average Bonchev–Trinajstić information content (AvgIpc) is 2.00. The van der Waals surface area contributed by atoms with Crippen LogP contribution in [0.25, 0.3) is 0 Å². The Kier molecular flexibility index (Phi) is 5.81. The highest BCUT2D eigenvalue weighted by molar-refractivity contribution is 6.29. The molecule has 0 spiro atoms. The molecule has 0 amide bonds. The lowest BCUT2D eigenvalue weighted by atomic mass is 10.2. The molecule has 0 aromatic heterocycles. The summed E-state index contributed by atoms with van der Waals surface area (Å²) in [5.41, 5.74) is 0.823. The highest BCUT2D eigenvalue weighted by Crippen LogP contribution is 2.07. The van der Waals surface area contributed by atoms with Gasteiger partial charge in [-0.1, -0.05) is 19.9 Å². The maximum Gasteiger partial charge on any atom is 0.324 e. The minimum absolute atomic E-state index is 0.270. The van der Waals surface area contributed by atoms with Crippen LogP contribution in [0.2, 0.25) is 0 Å². The molecule has 0 aromatic carbocycles. The Balaban J connectivity index is 3.64. The van der Waals surface area contributed by atoms with E-state index in [-0.39, 0.29) is 12.6 Å². The molecule has 0 aliphatic heterocycles. The van der Waals surface area contributed by atoms with Gasteiger partial charge in [-0.3, -0.25) is 4.79 Å². The second kappa shape index (κ2) is 6.06. The first-order valence-electron chi connectivity index (χ1n) is 4.03. The third-order valence-corrected chi connectivity index (χ3v) is 1.66. The SMILES string of the molecule is C=C(C)COC(=O)C(Cl)CCC. The van der Waals surface area contributed by atoms with Gasteiger partial charge in [0.25, 0.3) is 0 Å². The number of carbonyl (C=O) groups is 1. The minimum Gasteiger partial charge on any atom is -0.460 e. The molecular formula is C9H15ClO2. The number of hydrogen-bond donors (Lipinski definition) is 0. The number of ether oxygens (including phenoxy) is 1. The highest BCUT2D eigenvalue weighted by Gasteiger charge is 2.14. The van der Waals surface area contributed by atoms with Crippen molar-refractivity contribution in [2.24, 2.45) is 0 Å². The summed E-state index contributed by atoms with van der Waals surface area (Å²) in [6.07, 6.45) is 1.55. The van der Waals surface area contributed by atoms with Crippen LogP contribution in [0.5, 0.6) is 0 Å². The third kappa shape index (κ3) is 5.19. The third-order valence-electron chi connectivity index (χ3n) is 1.26. The van der Waals surface area contributed by atoms with E-state index in [0.29, 0.717) is 6.42 Å². The van der Waals surface area contributed by atoms with E-state index in [9.17, 15) is 4.79 Å². The van der Waals surface area contributed by atoms with Gasteiger partial charge in [0.2, 0.25) is 0 Å². The van der Waals surface area contributed by atoms with Crippen LogP contribution < -0.4 is 0 Å². The maximum absolute atomic E-state index is 11.0. The van der Waals surface area contributed by atoms with Gasteiger partial charge < -0.3 is 4.74 Å². The van der Waals surface area contributed by atoms with Crippen LogP contribution >= 0.6 is 11.6 Å². The molecule has 0 saturated heterocycles. The molecule has 0 aliphatic rings. The lowest BCUT2D eigenvalue weighted by molar-refractivity contribution is -0.142. The summed E-state index contributed by atoms with van der Waals surface area (Å²) in [7, 11) is 0. The molecule has 0 aliphatic carbocycles. The van der Waals surface area contributed by atoms with Gasteiger partial charge in [-0.2, -0.15) is 0 Å². The fourth-order valence-electron chi connectivity index (χ4n) is 0.656. The average molecular weight is 191 g/mol. The molecule has 3 heteroatoms. The standard InChI is InChI=1S/C9H15ClO2/c1-4-5-8(10)9(11)12-6-7(2)3/h8H,2,4-6H2,1,3H3. The molecule has 0 rings (SSSR count). The molecule has 70 valence electrons. The molecule has 0 aromatic rings. The van der Waals surface area contributed by atoms with E-state index in [1.54, 1.807) is 6.92 Å². The normalized spacial score (nSPS) is 12.2. The van der Waals surface area contributed by atoms with Crippen molar-refractivity contribution in [1.82, 2.24) is 0 Å². The van der Waals surface area contributed by atoms with Crippen LogP contribution in [0.1, 0.15) is 26.7 Å². The van der Waals surface area contributed by atoms with Crippen LogP contribution in [-0.2, 0) is 9.53 Å². The van der Waals surface area contributed by atoms with E-state index in [4.69, 9.17) is 16.3 Å². The monoisotopic (exact) mass is 190 g/mol. The Labute approximate surface area is 78.5 Å². The van der Waals surface area contributed by atoms with Gasteiger partial charge in [0.05, 0.1) is 0 Å². The number of carbonyl (C=O) groups excluding carboxylic acids is 1. The van der Waals surface area contributed by atoms with Crippen molar-refractivity contribution in [3.05, 3.63) is 12.2 Å². The first kappa shape index (κ1) is 11.5. The van der Waals surface area contributed by atoms with Gasteiger partial charge in [-0.15, -0.1) is 11.6 Å². The van der Waals surface area contributed by atoms with Crippen molar-refractivity contribution in [3.63, 3.8) is 0 Å². The molecule has 0 radical (unpaired) electrons. The number of halogens is 1. The van der Waals surface area contributed by atoms with Crippen molar-refractivity contribution >= 4 is 17.6 Å². The molecule has 0 saturated carbocycles. The van der Waals surface area contributed by atoms with Crippen molar-refractivity contribution < 1.29 is 9.53 Å². The molecule has 0 bridgehead atoms. The van der Waals surface area contributed by atoms with Crippen LogP contribution in [-0.4, -0.2) is 18.0 Å². The first-order valence-corrected chi connectivity index (χ1v) is 4.46. The zero-order valence-corrected chi connectivity index (χ0v) is 8.36. The van der Waals surface area contributed by atoms with Crippen LogP contribution in [0, 0.1) is 0 Å². The first-order chi connectivity index (χ1) is 5.57. The smallest absolute Gasteiger partial charge is 0.324 e. The molecule has 1 unspecified atom stereocenters. The van der Waals surface area contributed by atoms with Gasteiger partial charge in [0, 0.05) is 0 Å². The highest BCUT2D eigenvalue weighted by atomic mass is 35.5. The number of hydrogen-bond acceptors (Lipinski definition) is 2. The second-order valence-corrected chi connectivity index (χ2v) is 3.35. The Morgan fingerprint density at radius 2 is 2.25 bits per heavy atom. The van der Waals surface area contributed by atoms with E-state index in [1.807, 2.05) is 6.92 Å². The maximum atomic E-state index is 11.0. The Morgan fingerprint density at radius 3 is 2.67 bits per heavy atom. The van der Waals surface area contributed by atoms with Gasteiger partial charge >= 0.3 is 5.97 Å². The summed E-state index contributed by atoms with van der Waals surface area (Å²) < 4.78 is 4.85. The minimum atomic E-state index is -0.505. The lowest BCUT2D eigenvalue weighted by Crippen LogP contribution is -2.18. The zero-order valence-electron chi connectivity index (χ0n) is 7.60. The summed E-state index contributed by atoms with van der Waals surface area (Å²) >= 11 is 5.71. The van der Waals surface area contributed by atoms with E-state index >= 15 is 0 Å². The Morgan fingerprint density at radius 1 is 1.67 bits per heavy atom. The molecular weight excluding hydrogens is 176 g/mol. The number of alkyl halides is 1. The van der Waals surface area contributed by atoms with E-state index < -0.39 is 5.38 Å². The zero-order chi connectivity index (χ0) is 9.56. The summed E-state index contributed by atoms with van der Waals surface area (Å²) in [4.78, 5) is 11.0. The molecule has 1 atom stereocenters. The summed E-state index contributed by atoms with van der Waals surface area (Å²) in [5, 5.41) is -0.505. The van der Waals surface area contributed by atoms with Crippen molar-refractivity contribution in [3.8, 4) is 0 Å².